The molecule has 0 saturated heterocycles. The number of primary amides is 1. The van der Waals surface area contributed by atoms with Crippen molar-refractivity contribution in [3.8, 4) is 0 Å². The second kappa shape index (κ2) is 8.47. The van der Waals surface area contributed by atoms with Gasteiger partial charge >= 0.3 is 0 Å². The van der Waals surface area contributed by atoms with Crippen molar-refractivity contribution in [1.82, 2.24) is 5.32 Å². The summed E-state index contributed by atoms with van der Waals surface area (Å²) in [5.41, 5.74) is 6.57. The van der Waals surface area contributed by atoms with E-state index in [1.165, 1.54) is 0 Å². The van der Waals surface area contributed by atoms with E-state index < -0.39 is 5.91 Å². The molecule has 0 aliphatic rings. The fourth-order valence-electron chi connectivity index (χ4n) is 1.69. The van der Waals surface area contributed by atoms with Crippen LogP contribution in [0.3, 0.4) is 0 Å². The van der Waals surface area contributed by atoms with Gasteiger partial charge in [0.1, 0.15) is 0 Å². The lowest BCUT2D eigenvalue weighted by Crippen LogP contribution is -2.34. The molecule has 0 bridgehead atoms. The van der Waals surface area contributed by atoms with Gasteiger partial charge in [-0.15, -0.1) is 12.4 Å². The molecule has 5 nitrogen and oxygen atoms in total. The second-order valence-electron chi connectivity index (χ2n) is 4.36. The highest BCUT2D eigenvalue weighted by atomic mass is 35.5. The van der Waals surface area contributed by atoms with Crippen molar-refractivity contribution in [2.45, 2.75) is 0 Å². The maximum Gasteiger partial charge on any atom is 0.257 e. The van der Waals surface area contributed by atoms with E-state index >= 15 is 0 Å². The maximum atomic E-state index is 12.0. The van der Waals surface area contributed by atoms with E-state index in [0.29, 0.717) is 21.8 Å². The van der Waals surface area contributed by atoms with Gasteiger partial charge < -0.3 is 11.1 Å². The van der Waals surface area contributed by atoms with Gasteiger partial charge in [0.25, 0.3) is 5.91 Å². The van der Waals surface area contributed by atoms with E-state index in [2.05, 4.69) is 10.6 Å². The molecule has 2 aromatic rings. The van der Waals surface area contributed by atoms with E-state index in [0.717, 1.165) is 0 Å². The van der Waals surface area contributed by atoms with Crippen LogP contribution in [-0.2, 0) is 0 Å². The van der Waals surface area contributed by atoms with Crippen LogP contribution in [0.5, 0.6) is 0 Å². The summed E-state index contributed by atoms with van der Waals surface area (Å²) < 4.78 is 0. The van der Waals surface area contributed by atoms with Gasteiger partial charge in [0.2, 0.25) is 5.91 Å². The Kier molecular flexibility index (Phi) is 6.96. The van der Waals surface area contributed by atoms with E-state index in [4.69, 9.17) is 29.6 Å². The molecule has 23 heavy (non-hydrogen) atoms. The van der Waals surface area contributed by atoms with E-state index in [1.54, 1.807) is 48.5 Å². The molecule has 120 valence electrons. The van der Waals surface area contributed by atoms with Crippen LogP contribution in [0.4, 0.5) is 5.69 Å². The molecule has 0 aromatic heterocycles. The van der Waals surface area contributed by atoms with E-state index in [1.807, 2.05) is 0 Å². The van der Waals surface area contributed by atoms with Gasteiger partial charge in [-0.3, -0.25) is 14.9 Å². The normalized spacial score (nSPS) is 9.43. The summed E-state index contributed by atoms with van der Waals surface area (Å²) in [4.78, 5) is 23.0. The van der Waals surface area contributed by atoms with Crippen molar-refractivity contribution in [3.63, 3.8) is 0 Å². The first kappa shape index (κ1) is 18.9. The van der Waals surface area contributed by atoms with Crippen LogP contribution in [-0.4, -0.2) is 16.9 Å². The Morgan fingerprint density at radius 3 is 2.26 bits per heavy atom. The largest absolute Gasteiger partial charge is 0.366 e. The van der Waals surface area contributed by atoms with E-state index in [9.17, 15) is 9.59 Å². The minimum Gasteiger partial charge on any atom is -0.366 e. The number of amides is 2. The molecule has 0 atom stereocenters. The standard InChI is InChI=1S/C15H12ClN3O2S.ClH/c16-11-3-1-2-10(8-11)14(21)19-15(22)18-12-6-4-9(5-7-12)13(17)20;/h1-8H,(H2,17,20)(H2,18,19,21,22);1H. The van der Waals surface area contributed by atoms with Crippen molar-refractivity contribution < 1.29 is 9.59 Å². The summed E-state index contributed by atoms with van der Waals surface area (Å²) >= 11 is 10.9. The summed E-state index contributed by atoms with van der Waals surface area (Å²) in [6.07, 6.45) is 0. The zero-order chi connectivity index (χ0) is 16.1. The zero-order valence-electron chi connectivity index (χ0n) is 11.7. The van der Waals surface area contributed by atoms with Crippen molar-refractivity contribution in [1.29, 1.82) is 0 Å². The Labute approximate surface area is 149 Å². The number of carbonyl (C=O) groups excluding carboxylic acids is 2. The Morgan fingerprint density at radius 2 is 1.70 bits per heavy atom. The first-order chi connectivity index (χ1) is 10.5. The van der Waals surface area contributed by atoms with Crippen LogP contribution >= 0.6 is 36.2 Å². The molecule has 0 unspecified atom stereocenters. The third-order valence-corrected chi connectivity index (χ3v) is 3.18. The predicted octanol–water partition coefficient (Wildman–Crippen LogP) is 2.99. The molecule has 0 heterocycles. The third kappa shape index (κ3) is 5.52. The molecular formula is C15H13Cl2N3O2S. The lowest BCUT2D eigenvalue weighted by atomic mass is 10.2. The number of nitrogens with two attached hydrogens (primary N) is 1. The van der Waals surface area contributed by atoms with Gasteiger partial charge in [-0.25, -0.2) is 0 Å². The molecule has 2 rings (SSSR count). The predicted molar refractivity (Wildman–Crippen MR) is 97.3 cm³/mol. The highest BCUT2D eigenvalue weighted by molar-refractivity contribution is 7.80. The Balaban J connectivity index is 0.00000264. The van der Waals surface area contributed by atoms with Crippen molar-refractivity contribution in [2.75, 3.05) is 5.32 Å². The number of hydrogen-bond acceptors (Lipinski definition) is 3. The fraction of sp³-hybridized carbons (Fsp3) is 0. The lowest BCUT2D eigenvalue weighted by molar-refractivity contribution is 0.0975. The number of thiocarbonyl (C=S) groups is 1. The Morgan fingerprint density at radius 1 is 1.04 bits per heavy atom. The van der Waals surface area contributed by atoms with Crippen LogP contribution < -0.4 is 16.4 Å². The summed E-state index contributed by atoms with van der Waals surface area (Å²) in [5, 5.41) is 5.98. The number of rotatable bonds is 3. The number of benzene rings is 2. The minimum absolute atomic E-state index is 0. The molecule has 0 saturated carbocycles. The van der Waals surface area contributed by atoms with Crippen LogP contribution in [0, 0.1) is 0 Å². The topological polar surface area (TPSA) is 84.2 Å². The molecule has 2 amide bonds. The molecule has 0 spiro atoms. The highest BCUT2D eigenvalue weighted by Crippen LogP contribution is 2.11. The minimum atomic E-state index is -0.511. The first-order valence-corrected chi connectivity index (χ1v) is 7.02. The Bertz CT molecular complexity index is 736. The summed E-state index contributed by atoms with van der Waals surface area (Å²) in [6.45, 7) is 0. The molecule has 0 radical (unpaired) electrons. The SMILES string of the molecule is Cl.NC(=O)c1ccc(NC(=S)NC(=O)c2cccc(Cl)c2)cc1. The summed E-state index contributed by atoms with van der Waals surface area (Å²) in [6, 6.07) is 12.9. The maximum absolute atomic E-state index is 12.0. The van der Waals surface area contributed by atoms with Gasteiger partial charge in [0.15, 0.2) is 5.11 Å². The molecule has 4 N–H and O–H groups in total. The smallest absolute Gasteiger partial charge is 0.257 e. The number of hydrogen-bond donors (Lipinski definition) is 3. The first-order valence-electron chi connectivity index (χ1n) is 6.23. The quantitative estimate of drug-likeness (QED) is 0.726. The van der Waals surface area contributed by atoms with Crippen molar-refractivity contribution in [3.05, 3.63) is 64.7 Å². The monoisotopic (exact) mass is 369 g/mol. The molecule has 2 aromatic carbocycles. The molecular weight excluding hydrogens is 357 g/mol. The molecule has 0 aliphatic carbocycles. The average Bonchev–Trinajstić information content (AvgIpc) is 2.47. The third-order valence-electron chi connectivity index (χ3n) is 2.74. The van der Waals surface area contributed by atoms with Crippen LogP contribution in [0.2, 0.25) is 5.02 Å². The number of halogens is 2. The van der Waals surface area contributed by atoms with Gasteiger partial charge in [-0.05, 0) is 54.7 Å². The molecule has 0 fully saturated rings. The second-order valence-corrected chi connectivity index (χ2v) is 5.20. The number of nitrogens with one attached hydrogen (secondary N) is 2. The molecule has 0 aliphatic heterocycles. The summed E-state index contributed by atoms with van der Waals surface area (Å²) in [7, 11) is 0. The van der Waals surface area contributed by atoms with Crippen molar-refractivity contribution in [2.24, 2.45) is 5.73 Å². The van der Waals surface area contributed by atoms with E-state index in [-0.39, 0.29) is 23.4 Å². The fourth-order valence-corrected chi connectivity index (χ4v) is 2.09. The highest BCUT2D eigenvalue weighted by Gasteiger charge is 2.08. The molecule has 8 heteroatoms. The van der Waals surface area contributed by atoms with Gasteiger partial charge in [-0.2, -0.15) is 0 Å². The van der Waals surface area contributed by atoms with Crippen LogP contribution in [0.1, 0.15) is 20.7 Å². The van der Waals surface area contributed by atoms with Gasteiger partial charge in [0.05, 0.1) is 0 Å². The number of anilines is 1. The lowest BCUT2D eigenvalue weighted by Gasteiger charge is -2.10. The zero-order valence-corrected chi connectivity index (χ0v) is 14.1. The van der Waals surface area contributed by atoms with Crippen molar-refractivity contribution >= 4 is 58.8 Å². The van der Waals surface area contributed by atoms with Crippen LogP contribution in [0.15, 0.2) is 48.5 Å². The average molecular weight is 370 g/mol. The number of carbonyl (C=O) groups is 2. The van der Waals surface area contributed by atoms with Gasteiger partial charge in [0, 0.05) is 21.8 Å². The summed E-state index contributed by atoms with van der Waals surface area (Å²) in [5.74, 6) is -0.878. The van der Waals surface area contributed by atoms with Gasteiger partial charge in [-0.1, -0.05) is 17.7 Å². The Hall–Kier alpha value is -2.15. The van der Waals surface area contributed by atoms with Crippen LogP contribution in [0.25, 0.3) is 0 Å².